The number of anilines is 1. The number of ether oxygens (including phenoxy) is 1. The second-order valence-electron chi connectivity index (χ2n) is 4.78. The zero-order valence-electron chi connectivity index (χ0n) is 10.8. The Morgan fingerprint density at radius 2 is 2.00 bits per heavy atom. The van der Waals surface area contributed by atoms with Crippen molar-refractivity contribution >= 4 is 5.69 Å². The van der Waals surface area contributed by atoms with E-state index >= 15 is 0 Å². The Balaban J connectivity index is 1.96. The number of hydrogen-bond donors (Lipinski definition) is 1. The Labute approximate surface area is 113 Å². The van der Waals surface area contributed by atoms with Gasteiger partial charge in [0.1, 0.15) is 0 Å². The number of tetrazole rings is 1. The average molecular weight is 281 g/mol. The molecule has 1 aromatic heterocycles. The van der Waals surface area contributed by atoms with Crippen LogP contribution in [-0.4, -0.2) is 33.4 Å². The van der Waals surface area contributed by atoms with Gasteiger partial charge in [0.05, 0.1) is 12.1 Å². The highest BCUT2D eigenvalue weighted by Gasteiger charge is 2.33. The second-order valence-corrected chi connectivity index (χ2v) is 4.78. The Morgan fingerprint density at radius 1 is 1.30 bits per heavy atom. The fraction of sp³-hybridized carbons (Fsp3) is 0.417. The van der Waals surface area contributed by atoms with Crippen LogP contribution in [0.25, 0.3) is 11.4 Å². The maximum atomic E-state index is 13.4. The Kier molecular flexibility index (Phi) is 3.09. The molecule has 1 heterocycles. The molecule has 3 rings (SSSR count). The zero-order valence-corrected chi connectivity index (χ0v) is 10.8. The number of benzene rings is 1. The maximum Gasteiger partial charge on any atom is 0.184 e. The van der Waals surface area contributed by atoms with Gasteiger partial charge in [-0.05, 0) is 29.3 Å². The highest BCUT2D eigenvalue weighted by molar-refractivity contribution is 5.71. The average Bonchev–Trinajstić information content (AvgIpc) is 2.81. The molecule has 1 aromatic carbocycles. The van der Waals surface area contributed by atoms with Gasteiger partial charge in [-0.3, -0.25) is 0 Å². The molecule has 0 spiro atoms. The number of methoxy groups -OCH3 is 1. The molecule has 1 aliphatic rings. The zero-order chi connectivity index (χ0) is 14.3. The van der Waals surface area contributed by atoms with Crippen LogP contribution in [0.1, 0.15) is 18.9 Å². The van der Waals surface area contributed by atoms with E-state index in [-0.39, 0.29) is 23.4 Å². The van der Waals surface area contributed by atoms with Crippen molar-refractivity contribution in [1.82, 2.24) is 20.2 Å². The van der Waals surface area contributed by atoms with Gasteiger partial charge in [-0.15, -0.1) is 5.10 Å². The van der Waals surface area contributed by atoms with Crippen LogP contribution in [0.4, 0.5) is 14.5 Å². The highest BCUT2D eigenvalue weighted by atomic mass is 19.2. The molecular weight excluding hydrogens is 268 g/mol. The van der Waals surface area contributed by atoms with Gasteiger partial charge in [-0.2, -0.15) is 0 Å². The molecule has 106 valence electrons. The van der Waals surface area contributed by atoms with E-state index in [1.54, 1.807) is 11.8 Å². The number of nitrogens with two attached hydrogens (primary N) is 1. The predicted molar refractivity (Wildman–Crippen MR) is 66.6 cm³/mol. The molecular formula is C12H13F2N5O. The smallest absolute Gasteiger partial charge is 0.184 e. The molecule has 1 fully saturated rings. The van der Waals surface area contributed by atoms with E-state index in [1.807, 2.05) is 0 Å². The Hall–Kier alpha value is -2.09. The summed E-state index contributed by atoms with van der Waals surface area (Å²) in [6, 6.07) is 2.03. The molecule has 1 aliphatic carbocycles. The van der Waals surface area contributed by atoms with Crippen molar-refractivity contribution in [3.63, 3.8) is 0 Å². The topological polar surface area (TPSA) is 78.8 Å². The summed E-state index contributed by atoms with van der Waals surface area (Å²) in [7, 11) is 1.65. The minimum absolute atomic E-state index is 0.0810. The molecule has 6 nitrogen and oxygen atoms in total. The normalized spacial score (nSPS) is 21.8. The molecule has 0 unspecified atom stereocenters. The molecule has 2 N–H and O–H groups in total. The molecule has 0 aliphatic heterocycles. The first-order chi connectivity index (χ1) is 9.60. The standard InChI is InChI=1S/C12H13F2N5O/c1-20-7-2-6(3-7)19-12(16-17-18-19)8-4-9(13)10(14)5-11(8)15/h4-7H,2-3,15H2,1H3. The molecule has 20 heavy (non-hydrogen) atoms. The van der Waals surface area contributed by atoms with E-state index in [2.05, 4.69) is 15.5 Å². The lowest BCUT2D eigenvalue weighted by atomic mass is 9.89. The largest absolute Gasteiger partial charge is 0.398 e. The summed E-state index contributed by atoms with van der Waals surface area (Å²) in [5.41, 5.74) is 6.11. The summed E-state index contributed by atoms with van der Waals surface area (Å²) in [5.74, 6) is -1.64. The van der Waals surface area contributed by atoms with Crippen molar-refractivity contribution in [2.45, 2.75) is 25.0 Å². The minimum atomic E-state index is -0.992. The summed E-state index contributed by atoms with van der Waals surface area (Å²) in [5, 5.41) is 11.4. The summed E-state index contributed by atoms with van der Waals surface area (Å²) >= 11 is 0. The third-order valence-corrected chi connectivity index (χ3v) is 3.58. The van der Waals surface area contributed by atoms with Gasteiger partial charge in [-0.1, -0.05) is 0 Å². The van der Waals surface area contributed by atoms with Crippen molar-refractivity contribution < 1.29 is 13.5 Å². The quantitative estimate of drug-likeness (QED) is 0.863. The van der Waals surface area contributed by atoms with Crippen LogP contribution in [-0.2, 0) is 4.74 Å². The van der Waals surface area contributed by atoms with Crippen molar-refractivity contribution in [2.75, 3.05) is 12.8 Å². The summed E-state index contributed by atoms with van der Waals surface area (Å²) < 4.78 is 33.3. The molecule has 0 bridgehead atoms. The fourth-order valence-corrected chi connectivity index (χ4v) is 2.30. The van der Waals surface area contributed by atoms with E-state index in [9.17, 15) is 8.78 Å². The van der Waals surface area contributed by atoms with E-state index < -0.39 is 11.6 Å². The summed E-state index contributed by atoms with van der Waals surface area (Å²) in [6.45, 7) is 0. The summed E-state index contributed by atoms with van der Waals surface area (Å²) in [4.78, 5) is 0. The Morgan fingerprint density at radius 3 is 2.70 bits per heavy atom. The van der Waals surface area contributed by atoms with E-state index in [4.69, 9.17) is 10.5 Å². The number of nitrogens with zero attached hydrogens (tertiary/aromatic N) is 4. The first-order valence-electron chi connectivity index (χ1n) is 6.15. The van der Waals surface area contributed by atoms with Gasteiger partial charge >= 0.3 is 0 Å². The van der Waals surface area contributed by atoms with Crippen LogP contribution in [0.3, 0.4) is 0 Å². The van der Waals surface area contributed by atoms with Crippen molar-refractivity contribution in [2.24, 2.45) is 0 Å². The lowest BCUT2D eigenvalue weighted by Gasteiger charge is -2.34. The highest BCUT2D eigenvalue weighted by Crippen LogP contribution is 2.37. The fourth-order valence-electron chi connectivity index (χ4n) is 2.30. The number of nitrogen functional groups attached to an aromatic ring is 1. The molecule has 0 amide bonds. The number of rotatable bonds is 3. The van der Waals surface area contributed by atoms with Crippen LogP contribution in [0.2, 0.25) is 0 Å². The molecule has 0 saturated heterocycles. The van der Waals surface area contributed by atoms with Gasteiger partial charge in [0.2, 0.25) is 0 Å². The number of halogens is 2. The predicted octanol–water partition coefficient (Wildman–Crippen LogP) is 1.55. The second kappa shape index (κ2) is 4.78. The molecule has 0 radical (unpaired) electrons. The summed E-state index contributed by atoms with van der Waals surface area (Å²) in [6.07, 6.45) is 1.73. The first kappa shape index (κ1) is 12.9. The van der Waals surface area contributed by atoms with Crippen LogP contribution < -0.4 is 5.73 Å². The molecule has 0 atom stereocenters. The van der Waals surface area contributed by atoms with E-state index in [0.29, 0.717) is 5.82 Å². The van der Waals surface area contributed by atoms with Crippen molar-refractivity contribution in [3.8, 4) is 11.4 Å². The monoisotopic (exact) mass is 281 g/mol. The van der Waals surface area contributed by atoms with Crippen molar-refractivity contribution in [1.29, 1.82) is 0 Å². The lowest BCUT2D eigenvalue weighted by molar-refractivity contribution is 0.00248. The molecule has 8 heteroatoms. The van der Waals surface area contributed by atoms with Crippen LogP contribution in [0, 0.1) is 11.6 Å². The van der Waals surface area contributed by atoms with Crippen LogP contribution in [0.15, 0.2) is 12.1 Å². The maximum absolute atomic E-state index is 13.4. The third-order valence-electron chi connectivity index (χ3n) is 3.58. The number of aromatic nitrogens is 4. The van der Waals surface area contributed by atoms with Gasteiger partial charge < -0.3 is 10.5 Å². The van der Waals surface area contributed by atoms with E-state index in [0.717, 1.165) is 25.0 Å². The Bertz CT molecular complexity index is 639. The van der Waals surface area contributed by atoms with Crippen molar-refractivity contribution in [3.05, 3.63) is 23.8 Å². The van der Waals surface area contributed by atoms with Crippen LogP contribution in [0.5, 0.6) is 0 Å². The third kappa shape index (κ3) is 2.01. The molecule has 1 saturated carbocycles. The number of hydrogen-bond acceptors (Lipinski definition) is 5. The van der Waals surface area contributed by atoms with E-state index in [1.165, 1.54) is 0 Å². The molecule has 2 aromatic rings. The minimum Gasteiger partial charge on any atom is -0.398 e. The SMILES string of the molecule is COC1CC(n2nnnc2-c2cc(F)c(F)cc2N)C1. The van der Waals surface area contributed by atoms with Gasteiger partial charge in [0.25, 0.3) is 0 Å². The van der Waals surface area contributed by atoms with Gasteiger partial charge in [0, 0.05) is 24.4 Å². The first-order valence-corrected chi connectivity index (χ1v) is 6.15. The van der Waals surface area contributed by atoms with Gasteiger partial charge in [0.15, 0.2) is 17.5 Å². The van der Waals surface area contributed by atoms with Gasteiger partial charge in [-0.25, -0.2) is 13.5 Å². The van der Waals surface area contributed by atoms with Crippen LogP contribution >= 0.6 is 0 Å². The lowest BCUT2D eigenvalue weighted by Crippen LogP contribution is -2.33.